The van der Waals surface area contributed by atoms with Crippen LogP contribution in [0.3, 0.4) is 0 Å². The molecule has 0 atom stereocenters. The Balaban J connectivity index is 1.41. The third-order valence-electron chi connectivity index (χ3n) is 6.90. The molecule has 0 radical (unpaired) electrons. The lowest BCUT2D eigenvalue weighted by Gasteiger charge is -2.36. The second-order valence-electron chi connectivity index (χ2n) is 9.17. The smallest absolute Gasteiger partial charge is 0.266 e. The van der Waals surface area contributed by atoms with Crippen LogP contribution in [0, 0.1) is 25.5 Å². The van der Waals surface area contributed by atoms with Gasteiger partial charge in [0.15, 0.2) is 4.77 Å². The molecule has 178 valence electrons. The van der Waals surface area contributed by atoms with Gasteiger partial charge >= 0.3 is 0 Å². The van der Waals surface area contributed by atoms with E-state index in [2.05, 4.69) is 41.1 Å². The van der Waals surface area contributed by atoms with Crippen molar-refractivity contribution in [2.24, 2.45) is 0 Å². The van der Waals surface area contributed by atoms with E-state index in [4.69, 9.17) is 12.2 Å². The summed E-state index contributed by atoms with van der Waals surface area (Å²) in [5.41, 5.74) is 6.22. The van der Waals surface area contributed by atoms with Crippen molar-refractivity contribution in [2.45, 2.75) is 20.8 Å². The lowest BCUT2D eigenvalue weighted by molar-refractivity contribution is 0.0747. The number of aromatic nitrogens is 2. The van der Waals surface area contributed by atoms with Crippen LogP contribution < -0.4 is 10.5 Å². The van der Waals surface area contributed by atoms with Crippen molar-refractivity contribution in [3.05, 3.63) is 98.0 Å². The van der Waals surface area contributed by atoms with Crippen molar-refractivity contribution in [2.75, 3.05) is 31.1 Å². The van der Waals surface area contributed by atoms with Crippen LogP contribution in [0.1, 0.15) is 27.0 Å². The third-order valence-corrected chi connectivity index (χ3v) is 7.18. The molecule has 4 aromatic rings. The molecule has 1 amide bonds. The number of anilines is 1. The average Bonchev–Trinajstić information content (AvgIpc) is 2.86. The lowest BCUT2D eigenvalue weighted by atomic mass is 10.1. The van der Waals surface area contributed by atoms with Gasteiger partial charge in [0, 0.05) is 37.4 Å². The van der Waals surface area contributed by atoms with Crippen molar-refractivity contribution in [3.8, 4) is 5.69 Å². The van der Waals surface area contributed by atoms with E-state index in [-0.39, 0.29) is 11.5 Å². The van der Waals surface area contributed by atoms with Crippen LogP contribution in [0.15, 0.2) is 65.5 Å². The Bertz CT molecular complexity index is 1560. The Hall–Kier alpha value is -3.71. The van der Waals surface area contributed by atoms with Crippen molar-refractivity contribution < 1.29 is 4.79 Å². The molecule has 0 saturated carbocycles. The highest BCUT2D eigenvalue weighted by Gasteiger charge is 2.23. The maximum Gasteiger partial charge on any atom is 0.266 e. The van der Waals surface area contributed by atoms with E-state index < -0.39 is 0 Å². The number of H-pyrrole nitrogens is 1. The minimum absolute atomic E-state index is 0.0335. The van der Waals surface area contributed by atoms with Crippen LogP contribution in [0.25, 0.3) is 16.6 Å². The molecule has 1 aromatic heterocycles. The lowest BCUT2D eigenvalue weighted by Crippen LogP contribution is -2.48. The van der Waals surface area contributed by atoms with Crippen LogP contribution in [-0.4, -0.2) is 46.5 Å². The maximum absolute atomic E-state index is 13.4. The highest BCUT2D eigenvalue weighted by molar-refractivity contribution is 7.71. The molecule has 6 nitrogen and oxygen atoms in total. The van der Waals surface area contributed by atoms with Gasteiger partial charge in [0.2, 0.25) is 0 Å². The van der Waals surface area contributed by atoms with Crippen LogP contribution >= 0.6 is 12.2 Å². The zero-order valence-electron chi connectivity index (χ0n) is 20.2. The molecular formula is C28H28N4O2S. The van der Waals surface area contributed by atoms with Gasteiger partial charge in [-0.1, -0.05) is 24.3 Å². The largest absolute Gasteiger partial charge is 0.368 e. The molecule has 0 bridgehead atoms. The molecular weight excluding hydrogens is 456 g/mol. The Morgan fingerprint density at radius 1 is 0.914 bits per heavy atom. The molecule has 1 N–H and O–H groups in total. The summed E-state index contributed by atoms with van der Waals surface area (Å²) in [6.07, 6.45) is 0. The first-order valence-electron chi connectivity index (χ1n) is 11.8. The number of carbonyl (C=O) groups is 1. The topological polar surface area (TPSA) is 61.3 Å². The minimum atomic E-state index is -0.191. The minimum Gasteiger partial charge on any atom is -0.368 e. The van der Waals surface area contributed by atoms with E-state index in [0.29, 0.717) is 34.3 Å². The van der Waals surface area contributed by atoms with Gasteiger partial charge in [0.25, 0.3) is 11.5 Å². The molecule has 5 rings (SSSR count). The van der Waals surface area contributed by atoms with Gasteiger partial charge in [-0.3, -0.25) is 14.2 Å². The summed E-state index contributed by atoms with van der Waals surface area (Å²) < 4.78 is 1.85. The molecule has 3 aromatic carbocycles. The van der Waals surface area contributed by atoms with Crippen LogP contribution in [0.5, 0.6) is 0 Å². The number of hydrogen-bond donors (Lipinski definition) is 1. The van der Waals surface area contributed by atoms with E-state index in [9.17, 15) is 9.59 Å². The number of piperazine rings is 1. The van der Waals surface area contributed by atoms with Crippen molar-refractivity contribution in [1.82, 2.24) is 14.5 Å². The summed E-state index contributed by atoms with van der Waals surface area (Å²) in [6.45, 7) is 8.94. The number of benzene rings is 3. The summed E-state index contributed by atoms with van der Waals surface area (Å²) in [5.74, 6) is -0.0335. The van der Waals surface area contributed by atoms with E-state index >= 15 is 0 Å². The number of carbonyl (C=O) groups excluding carboxylic acids is 1. The monoisotopic (exact) mass is 484 g/mol. The zero-order chi connectivity index (χ0) is 24.7. The number of nitrogens with zero attached hydrogens (tertiary/aromatic N) is 3. The summed E-state index contributed by atoms with van der Waals surface area (Å²) in [6, 6.07) is 19.5. The second kappa shape index (κ2) is 9.15. The highest BCUT2D eigenvalue weighted by atomic mass is 32.1. The molecule has 1 aliphatic rings. The Morgan fingerprint density at radius 3 is 2.40 bits per heavy atom. The average molecular weight is 485 g/mol. The number of nitrogens with one attached hydrogen (secondary N) is 1. The molecule has 2 heterocycles. The number of aromatic amines is 1. The molecule has 1 fully saturated rings. The standard InChI is InChI=1S/C28H28N4O2S/c1-18-6-4-8-22(16-18)30-12-14-31(15-13-30)26(33)21-10-11-23-24(17-21)29-28(35)32(27(23)34)25-9-5-7-19(2)20(25)3/h4-11,16-17H,12-15H2,1-3H3,(H,29,35). The van der Waals surface area contributed by atoms with Gasteiger partial charge < -0.3 is 14.8 Å². The van der Waals surface area contributed by atoms with E-state index in [1.54, 1.807) is 18.2 Å². The van der Waals surface area contributed by atoms with Crippen LogP contribution in [0.4, 0.5) is 5.69 Å². The third kappa shape index (κ3) is 4.28. The number of fused-ring (bicyclic) bond motifs is 1. The van der Waals surface area contributed by atoms with Crippen LogP contribution in [0.2, 0.25) is 0 Å². The first-order valence-corrected chi connectivity index (χ1v) is 12.2. The van der Waals surface area contributed by atoms with E-state index in [0.717, 1.165) is 29.9 Å². The predicted molar refractivity (Wildman–Crippen MR) is 143 cm³/mol. The first kappa shape index (κ1) is 23.1. The summed E-state index contributed by atoms with van der Waals surface area (Å²) in [7, 11) is 0. The summed E-state index contributed by atoms with van der Waals surface area (Å²) in [4.78, 5) is 34.0. The fraction of sp³-hybridized carbons (Fsp3) is 0.250. The fourth-order valence-electron chi connectivity index (χ4n) is 4.72. The van der Waals surface area contributed by atoms with Crippen molar-refractivity contribution >= 4 is 34.7 Å². The predicted octanol–water partition coefficient (Wildman–Crippen LogP) is 4.94. The Labute approximate surface area is 209 Å². The molecule has 1 saturated heterocycles. The molecule has 0 aliphatic carbocycles. The molecule has 35 heavy (non-hydrogen) atoms. The number of aryl methyl sites for hydroxylation is 2. The molecule has 0 unspecified atom stereocenters. The molecule has 1 aliphatic heterocycles. The number of rotatable bonds is 3. The van der Waals surface area contributed by atoms with E-state index in [1.807, 2.05) is 36.9 Å². The van der Waals surface area contributed by atoms with Gasteiger partial charge in [0.1, 0.15) is 0 Å². The van der Waals surface area contributed by atoms with Crippen molar-refractivity contribution in [3.63, 3.8) is 0 Å². The Kier molecular flexibility index (Phi) is 6.03. The highest BCUT2D eigenvalue weighted by Crippen LogP contribution is 2.21. The molecule has 0 spiro atoms. The summed E-state index contributed by atoms with van der Waals surface area (Å²) in [5, 5.41) is 0.500. The zero-order valence-corrected chi connectivity index (χ0v) is 21.0. The van der Waals surface area contributed by atoms with Gasteiger partial charge in [-0.05, 0) is 86.1 Å². The number of amides is 1. The first-order chi connectivity index (χ1) is 16.8. The molecule has 7 heteroatoms. The fourth-order valence-corrected chi connectivity index (χ4v) is 5.01. The van der Waals surface area contributed by atoms with Gasteiger partial charge in [-0.15, -0.1) is 0 Å². The van der Waals surface area contributed by atoms with Gasteiger partial charge in [-0.25, -0.2) is 0 Å². The second-order valence-corrected chi connectivity index (χ2v) is 9.56. The maximum atomic E-state index is 13.4. The summed E-state index contributed by atoms with van der Waals surface area (Å²) >= 11 is 5.56. The van der Waals surface area contributed by atoms with Gasteiger partial charge in [0.05, 0.1) is 16.6 Å². The van der Waals surface area contributed by atoms with Gasteiger partial charge in [-0.2, -0.15) is 0 Å². The Morgan fingerprint density at radius 2 is 1.66 bits per heavy atom. The van der Waals surface area contributed by atoms with E-state index in [1.165, 1.54) is 15.8 Å². The number of hydrogen-bond acceptors (Lipinski definition) is 4. The van der Waals surface area contributed by atoms with Crippen LogP contribution in [-0.2, 0) is 0 Å². The quantitative estimate of drug-likeness (QED) is 0.419. The van der Waals surface area contributed by atoms with Crippen molar-refractivity contribution in [1.29, 1.82) is 0 Å². The SMILES string of the molecule is Cc1cccc(N2CCN(C(=O)c3ccc4c(=O)n(-c5cccc(C)c5C)c(=S)[nH]c4c3)CC2)c1. The normalized spacial score (nSPS) is 13.9.